The Balaban J connectivity index is 1.81. The molecule has 3 amide bonds. The van der Waals surface area contributed by atoms with Crippen LogP contribution in [0.3, 0.4) is 0 Å². The molecular formula is C16H19FN4O2. The van der Waals surface area contributed by atoms with Crippen LogP contribution < -0.4 is 10.6 Å². The summed E-state index contributed by atoms with van der Waals surface area (Å²) < 4.78 is 13.6. The Labute approximate surface area is 134 Å². The third-order valence-electron chi connectivity index (χ3n) is 3.66. The maximum atomic E-state index is 13.6. The summed E-state index contributed by atoms with van der Waals surface area (Å²) in [4.78, 5) is 25.1. The van der Waals surface area contributed by atoms with Gasteiger partial charge in [-0.15, -0.1) is 0 Å². The summed E-state index contributed by atoms with van der Waals surface area (Å²) in [5.74, 6) is -0.366. The van der Waals surface area contributed by atoms with Crippen molar-refractivity contribution >= 4 is 11.9 Å². The van der Waals surface area contributed by atoms with Crippen LogP contribution in [0.1, 0.15) is 30.9 Å². The third-order valence-corrected chi connectivity index (χ3v) is 3.66. The van der Waals surface area contributed by atoms with Gasteiger partial charge < -0.3 is 15.5 Å². The summed E-state index contributed by atoms with van der Waals surface area (Å²) in [6, 6.07) is 5.28. The van der Waals surface area contributed by atoms with Gasteiger partial charge in [0.25, 0.3) is 0 Å². The predicted octanol–water partition coefficient (Wildman–Crippen LogP) is 1.51. The molecule has 1 atom stereocenters. The highest BCUT2D eigenvalue weighted by Crippen LogP contribution is 2.10. The molecule has 1 heterocycles. The van der Waals surface area contributed by atoms with Gasteiger partial charge in [-0.2, -0.15) is 5.26 Å². The second kappa shape index (κ2) is 7.58. The number of amides is 3. The van der Waals surface area contributed by atoms with E-state index in [1.807, 2.05) is 13.0 Å². The van der Waals surface area contributed by atoms with Gasteiger partial charge in [0.1, 0.15) is 5.82 Å². The first kappa shape index (κ1) is 16.7. The number of benzene rings is 1. The normalized spacial score (nSPS) is 15.2. The lowest BCUT2D eigenvalue weighted by Crippen LogP contribution is -2.46. The monoisotopic (exact) mass is 318 g/mol. The number of nitrogens with zero attached hydrogens (tertiary/aromatic N) is 2. The lowest BCUT2D eigenvalue weighted by atomic mass is 10.1. The van der Waals surface area contributed by atoms with Gasteiger partial charge in [0.2, 0.25) is 5.91 Å². The van der Waals surface area contributed by atoms with Gasteiger partial charge in [0.05, 0.1) is 11.6 Å². The number of hydrogen-bond acceptors (Lipinski definition) is 3. The van der Waals surface area contributed by atoms with Crippen molar-refractivity contribution in [2.24, 2.45) is 0 Å². The minimum atomic E-state index is -0.472. The third kappa shape index (κ3) is 4.68. The van der Waals surface area contributed by atoms with E-state index >= 15 is 0 Å². The lowest BCUT2D eigenvalue weighted by Gasteiger charge is -2.21. The van der Waals surface area contributed by atoms with Gasteiger partial charge in [-0.3, -0.25) is 4.79 Å². The van der Waals surface area contributed by atoms with Crippen LogP contribution in [-0.2, 0) is 11.3 Å². The molecule has 7 heteroatoms. The van der Waals surface area contributed by atoms with Crippen LogP contribution in [-0.4, -0.2) is 36.0 Å². The van der Waals surface area contributed by atoms with Gasteiger partial charge in [-0.05, 0) is 31.5 Å². The summed E-state index contributed by atoms with van der Waals surface area (Å²) in [6.45, 7) is 2.98. The fraction of sp³-hybridized carbons (Fsp3) is 0.438. The quantitative estimate of drug-likeness (QED) is 0.863. The van der Waals surface area contributed by atoms with E-state index in [0.29, 0.717) is 18.5 Å². The molecule has 1 aliphatic rings. The molecule has 0 aliphatic carbocycles. The number of carbonyl (C=O) groups is 2. The molecule has 2 N–H and O–H groups in total. The van der Waals surface area contributed by atoms with Gasteiger partial charge in [-0.25, -0.2) is 9.18 Å². The smallest absolute Gasteiger partial charge is 0.315 e. The Bertz CT molecular complexity index is 641. The minimum Gasteiger partial charge on any atom is -0.341 e. The molecule has 6 nitrogen and oxygen atoms in total. The highest BCUT2D eigenvalue weighted by atomic mass is 19.1. The molecule has 0 saturated carbocycles. The van der Waals surface area contributed by atoms with Crippen molar-refractivity contribution in [3.63, 3.8) is 0 Å². The van der Waals surface area contributed by atoms with E-state index in [2.05, 4.69) is 10.6 Å². The van der Waals surface area contributed by atoms with Gasteiger partial charge >= 0.3 is 6.03 Å². The van der Waals surface area contributed by atoms with Crippen LogP contribution in [0.2, 0.25) is 0 Å². The molecule has 1 aromatic rings. The van der Waals surface area contributed by atoms with E-state index in [9.17, 15) is 14.0 Å². The standard InChI is InChI=1S/C16H19FN4O2/c1-11(10-21-6-2-3-15(21)22)20-16(23)19-9-13-7-12(8-18)4-5-14(13)17/h4-5,7,11H,2-3,6,9-10H2,1H3,(H2,19,20,23). The molecule has 23 heavy (non-hydrogen) atoms. The van der Waals surface area contributed by atoms with E-state index in [1.165, 1.54) is 18.2 Å². The molecule has 1 aromatic carbocycles. The number of nitrogens with one attached hydrogen (secondary N) is 2. The molecule has 0 spiro atoms. The molecule has 0 bridgehead atoms. The molecule has 1 aliphatic heterocycles. The zero-order valence-corrected chi connectivity index (χ0v) is 12.9. The zero-order valence-electron chi connectivity index (χ0n) is 12.9. The van der Waals surface area contributed by atoms with Gasteiger partial charge in [0.15, 0.2) is 0 Å². The van der Waals surface area contributed by atoms with E-state index in [-0.39, 0.29) is 24.1 Å². The van der Waals surface area contributed by atoms with E-state index in [4.69, 9.17) is 5.26 Å². The maximum absolute atomic E-state index is 13.6. The molecule has 122 valence electrons. The van der Waals surface area contributed by atoms with Gasteiger partial charge in [-0.1, -0.05) is 0 Å². The largest absolute Gasteiger partial charge is 0.341 e. The molecular weight excluding hydrogens is 299 g/mol. The fourth-order valence-corrected chi connectivity index (χ4v) is 2.50. The van der Waals surface area contributed by atoms with Crippen molar-refractivity contribution in [1.82, 2.24) is 15.5 Å². The summed E-state index contributed by atoms with van der Waals surface area (Å²) in [6.07, 6.45) is 1.42. The molecule has 2 rings (SSSR count). The number of carbonyl (C=O) groups excluding carboxylic acids is 2. The van der Waals surface area contributed by atoms with Crippen LogP contribution in [0.4, 0.5) is 9.18 Å². The first-order valence-electron chi connectivity index (χ1n) is 7.50. The van der Waals surface area contributed by atoms with Crippen molar-refractivity contribution in [1.29, 1.82) is 5.26 Å². The van der Waals surface area contributed by atoms with Crippen LogP contribution in [0, 0.1) is 17.1 Å². The molecule has 1 unspecified atom stereocenters. The van der Waals surface area contributed by atoms with Crippen LogP contribution in [0.15, 0.2) is 18.2 Å². The summed E-state index contributed by atoms with van der Waals surface area (Å²) in [5, 5.41) is 14.1. The van der Waals surface area contributed by atoms with Crippen molar-refractivity contribution < 1.29 is 14.0 Å². The maximum Gasteiger partial charge on any atom is 0.315 e. The number of rotatable bonds is 5. The fourth-order valence-electron chi connectivity index (χ4n) is 2.50. The summed E-state index contributed by atoms with van der Waals surface area (Å²) in [5.41, 5.74) is 0.589. The van der Waals surface area contributed by atoms with E-state index in [1.54, 1.807) is 4.90 Å². The lowest BCUT2D eigenvalue weighted by molar-refractivity contribution is -0.127. The SMILES string of the molecule is CC(CN1CCCC1=O)NC(=O)NCc1cc(C#N)ccc1F. The number of hydrogen-bond donors (Lipinski definition) is 2. The number of likely N-dealkylation sites (tertiary alicyclic amines) is 1. The van der Waals surface area contributed by atoms with Crippen molar-refractivity contribution in [2.75, 3.05) is 13.1 Å². The van der Waals surface area contributed by atoms with E-state index in [0.717, 1.165) is 13.0 Å². The van der Waals surface area contributed by atoms with Crippen LogP contribution in [0.5, 0.6) is 0 Å². The first-order chi connectivity index (χ1) is 11.0. The molecule has 0 aromatic heterocycles. The van der Waals surface area contributed by atoms with Crippen molar-refractivity contribution in [3.05, 3.63) is 35.1 Å². The molecule has 1 saturated heterocycles. The highest BCUT2D eigenvalue weighted by Gasteiger charge is 2.22. The van der Waals surface area contributed by atoms with Gasteiger partial charge in [0, 0.05) is 37.7 Å². The first-order valence-corrected chi connectivity index (χ1v) is 7.50. The second-order valence-electron chi connectivity index (χ2n) is 5.59. The Morgan fingerprint density at radius 1 is 1.52 bits per heavy atom. The number of nitriles is 1. The Morgan fingerprint density at radius 2 is 2.30 bits per heavy atom. The van der Waals surface area contributed by atoms with Crippen LogP contribution in [0.25, 0.3) is 0 Å². The Kier molecular flexibility index (Phi) is 5.52. The van der Waals surface area contributed by atoms with Crippen LogP contribution >= 0.6 is 0 Å². The summed E-state index contributed by atoms with van der Waals surface area (Å²) in [7, 11) is 0. The molecule has 0 radical (unpaired) electrons. The molecule has 1 fully saturated rings. The van der Waals surface area contributed by atoms with Crippen molar-refractivity contribution in [3.8, 4) is 6.07 Å². The average Bonchev–Trinajstić information content (AvgIpc) is 2.91. The Morgan fingerprint density at radius 3 is 2.96 bits per heavy atom. The van der Waals surface area contributed by atoms with Crippen molar-refractivity contribution in [2.45, 2.75) is 32.4 Å². The number of halogens is 1. The predicted molar refractivity (Wildman–Crippen MR) is 81.8 cm³/mol. The minimum absolute atomic E-state index is 0.0114. The highest BCUT2D eigenvalue weighted by molar-refractivity contribution is 5.78. The Hall–Kier alpha value is -2.62. The summed E-state index contributed by atoms with van der Waals surface area (Å²) >= 11 is 0. The second-order valence-corrected chi connectivity index (χ2v) is 5.59. The average molecular weight is 318 g/mol. The topological polar surface area (TPSA) is 85.2 Å². The number of urea groups is 1. The zero-order chi connectivity index (χ0) is 16.8. The van der Waals surface area contributed by atoms with E-state index < -0.39 is 11.8 Å².